The SMILES string of the molecule is COc1ccc2[nH]cc(C3CCN(C(=O)c4ccc(NC(=O)NC5CC5)cc4)CC3)c2c1. The Hall–Kier alpha value is -3.48. The summed E-state index contributed by atoms with van der Waals surface area (Å²) >= 11 is 0. The number of hydrogen-bond donors (Lipinski definition) is 3. The van der Waals surface area contributed by atoms with Crippen molar-refractivity contribution in [3.05, 3.63) is 59.8 Å². The molecule has 7 heteroatoms. The van der Waals surface area contributed by atoms with Gasteiger partial charge in [-0.05, 0) is 79.6 Å². The molecule has 1 aromatic heterocycles. The van der Waals surface area contributed by atoms with E-state index in [1.165, 1.54) is 10.9 Å². The summed E-state index contributed by atoms with van der Waals surface area (Å²) < 4.78 is 5.39. The van der Waals surface area contributed by atoms with E-state index in [0.717, 1.165) is 50.0 Å². The second-order valence-corrected chi connectivity index (χ2v) is 8.67. The molecule has 1 saturated heterocycles. The summed E-state index contributed by atoms with van der Waals surface area (Å²) in [5, 5.41) is 6.90. The van der Waals surface area contributed by atoms with E-state index in [2.05, 4.69) is 27.9 Å². The van der Waals surface area contributed by atoms with Gasteiger partial charge in [0.2, 0.25) is 0 Å². The summed E-state index contributed by atoms with van der Waals surface area (Å²) in [6, 6.07) is 13.3. The van der Waals surface area contributed by atoms with Gasteiger partial charge < -0.3 is 25.3 Å². The number of carbonyl (C=O) groups excluding carboxylic acids is 2. The number of piperidine rings is 1. The number of hydrogen-bond acceptors (Lipinski definition) is 3. The highest BCUT2D eigenvalue weighted by Gasteiger charge is 2.26. The smallest absolute Gasteiger partial charge is 0.319 e. The third-order valence-electron chi connectivity index (χ3n) is 6.45. The molecule has 3 amide bonds. The minimum Gasteiger partial charge on any atom is -0.497 e. The van der Waals surface area contributed by atoms with Crippen LogP contribution in [0.5, 0.6) is 5.75 Å². The van der Waals surface area contributed by atoms with Crippen LogP contribution in [0.2, 0.25) is 0 Å². The van der Waals surface area contributed by atoms with E-state index < -0.39 is 0 Å². The van der Waals surface area contributed by atoms with Crippen LogP contribution in [0.4, 0.5) is 10.5 Å². The number of carbonyl (C=O) groups is 2. The first-order valence-electron chi connectivity index (χ1n) is 11.2. The highest BCUT2D eigenvalue weighted by Crippen LogP contribution is 2.35. The van der Waals surface area contributed by atoms with Gasteiger partial charge in [-0.15, -0.1) is 0 Å². The number of rotatable bonds is 5. The number of benzene rings is 2. The normalized spacial score (nSPS) is 16.7. The second kappa shape index (κ2) is 8.57. The Balaban J connectivity index is 1.19. The molecule has 166 valence electrons. The number of nitrogens with one attached hydrogen (secondary N) is 3. The Morgan fingerprint density at radius 2 is 1.78 bits per heavy atom. The summed E-state index contributed by atoms with van der Waals surface area (Å²) in [4.78, 5) is 30.1. The maximum Gasteiger partial charge on any atom is 0.319 e. The van der Waals surface area contributed by atoms with Gasteiger partial charge >= 0.3 is 6.03 Å². The third kappa shape index (κ3) is 4.28. The van der Waals surface area contributed by atoms with Crippen LogP contribution in [0.15, 0.2) is 48.7 Å². The van der Waals surface area contributed by atoms with Crippen molar-refractivity contribution in [1.29, 1.82) is 0 Å². The standard InChI is InChI=1S/C25H28N4O3/c1-32-20-8-9-23-21(14-20)22(15-26-23)16-10-12-29(13-11-16)24(30)17-2-4-18(5-3-17)27-25(31)28-19-6-7-19/h2-5,8-9,14-16,19,26H,6-7,10-13H2,1H3,(H2,27,28,31). The number of amides is 3. The molecule has 5 rings (SSSR count). The van der Waals surface area contributed by atoms with Gasteiger partial charge in [0.05, 0.1) is 7.11 Å². The third-order valence-corrected chi connectivity index (χ3v) is 6.45. The Morgan fingerprint density at radius 1 is 1.03 bits per heavy atom. The second-order valence-electron chi connectivity index (χ2n) is 8.67. The Morgan fingerprint density at radius 3 is 2.47 bits per heavy atom. The first-order valence-corrected chi connectivity index (χ1v) is 11.2. The minimum absolute atomic E-state index is 0.0398. The van der Waals surface area contributed by atoms with Crippen LogP contribution >= 0.6 is 0 Å². The molecule has 1 saturated carbocycles. The molecular formula is C25H28N4O3. The lowest BCUT2D eigenvalue weighted by molar-refractivity contribution is 0.0713. The van der Waals surface area contributed by atoms with Gasteiger partial charge in [-0.1, -0.05) is 0 Å². The zero-order valence-corrected chi connectivity index (χ0v) is 18.2. The Kier molecular flexibility index (Phi) is 5.47. The van der Waals surface area contributed by atoms with Crippen molar-refractivity contribution >= 4 is 28.5 Å². The zero-order chi connectivity index (χ0) is 22.1. The monoisotopic (exact) mass is 432 g/mol. The number of aromatic nitrogens is 1. The lowest BCUT2D eigenvalue weighted by Gasteiger charge is -2.32. The van der Waals surface area contributed by atoms with Crippen molar-refractivity contribution in [2.75, 3.05) is 25.5 Å². The van der Waals surface area contributed by atoms with Crippen LogP contribution in [0.1, 0.15) is 47.5 Å². The van der Waals surface area contributed by atoms with Crippen LogP contribution in [0.3, 0.4) is 0 Å². The van der Waals surface area contributed by atoms with Gasteiger partial charge in [-0.3, -0.25) is 4.79 Å². The number of aromatic amines is 1. The number of H-pyrrole nitrogens is 1. The van der Waals surface area contributed by atoms with Crippen molar-refractivity contribution in [1.82, 2.24) is 15.2 Å². The maximum absolute atomic E-state index is 13.0. The first-order chi connectivity index (χ1) is 15.6. The van der Waals surface area contributed by atoms with Crippen LogP contribution in [-0.4, -0.2) is 48.1 Å². The van der Waals surface area contributed by atoms with Gasteiger partial charge in [0.25, 0.3) is 5.91 Å². The highest BCUT2D eigenvalue weighted by molar-refractivity contribution is 5.95. The quantitative estimate of drug-likeness (QED) is 0.556. The molecule has 0 atom stereocenters. The lowest BCUT2D eigenvalue weighted by Crippen LogP contribution is -2.37. The van der Waals surface area contributed by atoms with Gasteiger partial charge in [0, 0.05) is 47.5 Å². The average Bonchev–Trinajstić information content (AvgIpc) is 3.54. The van der Waals surface area contributed by atoms with Crippen molar-refractivity contribution in [2.45, 2.75) is 37.6 Å². The summed E-state index contributed by atoms with van der Waals surface area (Å²) in [5.41, 5.74) is 3.74. The van der Waals surface area contributed by atoms with Gasteiger partial charge in [-0.25, -0.2) is 4.79 Å². The molecule has 0 unspecified atom stereocenters. The molecule has 7 nitrogen and oxygen atoms in total. The fourth-order valence-electron chi connectivity index (χ4n) is 4.44. The molecule has 1 aliphatic heterocycles. The molecule has 3 aromatic rings. The fourth-order valence-corrected chi connectivity index (χ4v) is 4.44. The number of likely N-dealkylation sites (tertiary alicyclic amines) is 1. The molecule has 32 heavy (non-hydrogen) atoms. The van der Waals surface area contributed by atoms with Crippen molar-refractivity contribution < 1.29 is 14.3 Å². The number of anilines is 1. The average molecular weight is 433 g/mol. The minimum atomic E-state index is -0.191. The number of ether oxygens (including phenoxy) is 1. The van der Waals surface area contributed by atoms with Gasteiger partial charge in [-0.2, -0.15) is 0 Å². The Labute approximate surface area is 187 Å². The fraction of sp³-hybridized carbons (Fsp3) is 0.360. The Bertz CT molecular complexity index is 1130. The molecule has 2 aliphatic rings. The van der Waals surface area contributed by atoms with E-state index in [4.69, 9.17) is 4.74 Å². The molecule has 0 spiro atoms. The molecule has 0 bridgehead atoms. The predicted molar refractivity (Wildman–Crippen MR) is 124 cm³/mol. The van der Waals surface area contributed by atoms with Gasteiger partial charge in [0.15, 0.2) is 0 Å². The van der Waals surface area contributed by atoms with Crippen molar-refractivity contribution in [2.24, 2.45) is 0 Å². The van der Waals surface area contributed by atoms with Crippen molar-refractivity contribution in [3.8, 4) is 5.75 Å². The molecule has 2 aromatic carbocycles. The number of nitrogens with zero attached hydrogens (tertiary/aromatic N) is 1. The molecule has 3 N–H and O–H groups in total. The summed E-state index contributed by atoms with van der Waals surface area (Å²) in [6.07, 6.45) is 6.04. The highest BCUT2D eigenvalue weighted by atomic mass is 16.5. The summed E-state index contributed by atoms with van der Waals surface area (Å²) in [7, 11) is 1.68. The number of urea groups is 1. The van der Waals surface area contributed by atoms with E-state index in [9.17, 15) is 9.59 Å². The number of fused-ring (bicyclic) bond motifs is 1. The zero-order valence-electron chi connectivity index (χ0n) is 18.2. The molecule has 2 heterocycles. The maximum atomic E-state index is 13.0. The number of methoxy groups -OCH3 is 1. The van der Waals surface area contributed by atoms with Crippen LogP contribution in [-0.2, 0) is 0 Å². The molecular weight excluding hydrogens is 404 g/mol. The summed E-state index contributed by atoms with van der Waals surface area (Å²) in [5.74, 6) is 1.31. The topological polar surface area (TPSA) is 86.5 Å². The van der Waals surface area contributed by atoms with E-state index in [0.29, 0.717) is 23.2 Å². The van der Waals surface area contributed by atoms with E-state index in [-0.39, 0.29) is 11.9 Å². The van der Waals surface area contributed by atoms with E-state index in [1.807, 2.05) is 17.0 Å². The van der Waals surface area contributed by atoms with Crippen LogP contribution in [0.25, 0.3) is 10.9 Å². The predicted octanol–water partition coefficient (Wildman–Crippen LogP) is 4.48. The molecule has 1 aliphatic carbocycles. The van der Waals surface area contributed by atoms with Crippen LogP contribution < -0.4 is 15.4 Å². The van der Waals surface area contributed by atoms with Crippen molar-refractivity contribution in [3.63, 3.8) is 0 Å². The summed E-state index contributed by atoms with van der Waals surface area (Å²) in [6.45, 7) is 1.45. The largest absolute Gasteiger partial charge is 0.497 e. The molecule has 0 radical (unpaired) electrons. The van der Waals surface area contributed by atoms with E-state index in [1.54, 1.807) is 31.4 Å². The van der Waals surface area contributed by atoms with Crippen LogP contribution in [0, 0.1) is 0 Å². The van der Waals surface area contributed by atoms with Gasteiger partial charge in [0.1, 0.15) is 5.75 Å². The van der Waals surface area contributed by atoms with E-state index >= 15 is 0 Å². The lowest BCUT2D eigenvalue weighted by atomic mass is 9.89. The first kappa shape index (κ1) is 20.4. The molecule has 2 fully saturated rings.